The number of nitrogens with two attached hydrogens (primary N) is 2. The number of nitrogen functional groups attached to an aromatic ring is 1. The van der Waals surface area contributed by atoms with Crippen molar-refractivity contribution in [2.24, 2.45) is 5.73 Å². The monoisotopic (exact) mass is 167 g/mol. The Labute approximate surface area is 71.2 Å². The SMILES string of the molecule is Nc1ccnc([C@@H](N)CCO)c1. The molecular formula is C8H13N3O. The van der Waals surface area contributed by atoms with E-state index in [9.17, 15) is 0 Å². The summed E-state index contributed by atoms with van der Waals surface area (Å²) < 4.78 is 0. The van der Waals surface area contributed by atoms with Gasteiger partial charge in [0.15, 0.2) is 0 Å². The highest BCUT2D eigenvalue weighted by atomic mass is 16.3. The predicted octanol–water partition coefficient (Wildman–Crippen LogP) is 0.0460. The quantitative estimate of drug-likeness (QED) is 0.593. The van der Waals surface area contributed by atoms with Crippen LogP contribution in [0.2, 0.25) is 0 Å². The van der Waals surface area contributed by atoms with Gasteiger partial charge in [-0.3, -0.25) is 4.98 Å². The molecule has 1 aromatic heterocycles. The first kappa shape index (κ1) is 8.96. The Morgan fingerprint density at radius 3 is 2.92 bits per heavy atom. The molecule has 1 rings (SSSR count). The molecule has 4 heteroatoms. The summed E-state index contributed by atoms with van der Waals surface area (Å²) in [5.74, 6) is 0. The van der Waals surface area contributed by atoms with Gasteiger partial charge in [0, 0.05) is 24.5 Å². The molecule has 0 saturated carbocycles. The minimum absolute atomic E-state index is 0.0671. The normalized spacial score (nSPS) is 12.8. The van der Waals surface area contributed by atoms with Crippen LogP contribution in [0, 0.1) is 0 Å². The van der Waals surface area contributed by atoms with Crippen LogP contribution >= 0.6 is 0 Å². The number of nitrogens with zero attached hydrogens (tertiary/aromatic N) is 1. The second kappa shape index (κ2) is 4.04. The van der Waals surface area contributed by atoms with Crippen molar-refractivity contribution in [1.82, 2.24) is 4.98 Å². The minimum atomic E-state index is -0.224. The fourth-order valence-corrected chi connectivity index (χ4v) is 0.955. The molecule has 1 atom stereocenters. The molecule has 0 bridgehead atoms. The average Bonchev–Trinajstić information content (AvgIpc) is 2.05. The van der Waals surface area contributed by atoms with Crippen molar-refractivity contribution < 1.29 is 5.11 Å². The van der Waals surface area contributed by atoms with Crippen molar-refractivity contribution in [2.75, 3.05) is 12.3 Å². The standard InChI is InChI=1S/C8H13N3O/c9-6-1-3-11-8(5-6)7(10)2-4-12/h1,3,5,7,12H,2,4,10H2,(H2,9,11)/t7-/m0/s1. The second-order valence-electron chi connectivity index (χ2n) is 2.63. The highest BCUT2D eigenvalue weighted by Gasteiger charge is 2.05. The largest absolute Gasteiger partial charge is 0.399 e. The maximum atomic E-state index is 8.63. The zero-order valence-corrected chi connectivity index (χ0v) is 6.77. The number of anilines is 1. The fraction of sp³-hybridized carbons (Fsp3) is 0.375. The number of aliphatic hydroxyl groups is 1. The van der Waals surface area contributed by atoms with Crippen molar-refractivity contribution in [3.05, 3.63) is 24.0 Å². The first-order chi connectivity index (χ1) is 5.74. The van der Waals surface area contributed by atoms with Crippen molar-refractivity contribution in [2.45, 2.75) is 12.5 Å². The van der Waals surface area contributed by atoms with Crippen molar-refractivity contribution in [1.29, 1.82) is 0 Å². The van der Waals surface area contributed by atoms with E-state index in [1.54, 1.807) is 18.3 Å². The van der Waals surface area contributed by atoms with Gasteiger partial charge in [-0.15, -0.1) is 0 Å². The number of hydrogen-bond acceptors (Lipinski definition) is 4. The van der Waals surface area contributed by atoms with Gasteiger partial charge in [-0.1, -0.05) is 0 Å². The highest BCUT2D eigenvalue weighted by molar-refractivity contribution is 5.37. The molecule has 0 fully saturated rings. The van der Waals surface area contributed by atoms with Gasteiger partial charge in [0.2, 0.25) is 0 Å². The third-order valence-electron chi connectivity index (χ3n) is 1.63. The molecule has 0 unspecified atom stereocenters. The molecule has 12 heavy (non-hydrogen) atoms. The Bertz CT molecular complexity index is 252. The summed E-state index contributed by atoms with van der Waals surface area (Å²) in [7, 11) is 0. The van der Waals surface area contributed by atoms with Crippen LogP contribution in [0.5, 0.6) is 0 Å². The van der Waals surface area contributed by atoms with E-state index in [-0.39, 0.29) is 12.6 Å². The van der Waals surface area contributed by atoms with Crippen molar-refractivity contribution >= 4 is 5.69 Å². The first-order valence-electron chi connectivity index (χ1n) is 3.82. The lowest BCUT2D eigenvalue weighted by Crippen LogP contribution is -2.13. The number of hydrogen-bond donors (Lipinski definition) is 3. The van der Waals surface area contributed by atoms with Crippen LogP contribution in [0.25, 0.3) is 0 Å². The maximum absolute atomic E-state index is 8.63. The third-order valence-corrected chi connectivity index (χ3v) is 1.63. The molecule has 0 amide bonds. The van der Waals surface area contributed by atoms with Crippen LogP contribution in [0.4, 0.5) is 5.69 Å². The zero-order chi connectivity index (χ0) is 8.97. The van der Waals surface area contributed by atoms with Crippen LogP contribution in [-0.4, -0.2) is 16.7 Å². The molecule has 0 aromatic carbocycles. The van der Waals surface area contributed by atoms with Gasteiger partial charge in [0.25, 0.3) is 0 Å². The Kier molecular flexibility index (Phi) is 3.01. The lowest BCUT2D eigenvalue weighted by molar-refractivity contribution is 0.275. The van der Waals surface area contributed by atoms with Gasteiger partial charge in [-0.25, -0.2) is 0 Å². The van der Waals surface area contributed by atoms with Crippen LogP contribution in [0.1, 0.15) is 18.2 Å². The molecule has 1 aromatic rings. The van der Waals surface area contributed by atoms with Gasteiger partial charge in [0.05, 0.1) is 5.69 Å². The van der Waals surface area contributed by atoms with Gasteiger partial charge >= 0.3 is 0 Å². The van der Waals surface area contributed by atoms with E-state index < -0.39 is 0 Å². The summed E-state index contributed by atoms with van der Waals surface area (Å²) in [6, 6.07) is 3.20. The molecule has 0 radical (unpaired) electrons. The third kappa shape index (κ3) is 2.18. The molecule has 0 aliphatic heterocycles. The van der Waals surface area contributed by atoms with E-state index in [4.69, 9.17) is 16.6 Å². The number of aromatic nitrogens is 1. The molecule has 0 spiro atoms. The fourth-order valence-electron chi connectivity index (χ4n) is 0.955. The number of rotatable bonds is 3. The van der Waals surface area contributed by atoms with Crippen molar-refractivity contribution in [3.63, 3.8) is 0 Å². The minimum Gasteiger partial charge on any atom is -0.399 e. The molecule has 5 N–H and O–H groups in total. The smallest absolute Gasteiger partial charge is 0.0592 e. The van der Waals surface area contributed by atoms with Gasteiger partial charge < -0.3 is 16.6 Å². The van der Waals surface area contributed by atoms with E-state index >= 15 is 0 Å². The molecule has 0 aliphatic rings. The zero-order valence-electron chi connectivity index (χ0n) is 6.77. The van der Waals surface area contributed by atoms with Crippen LogP contribution in [0.3, 0.4) is 0 Å². The Morgan fingerprint density at radius 2 is 2.33 bits per heavy atom. The predicted molar refractivity (Wildman–Crippen MR) is 47.3 cm³/mol. The Balaban J connectivity index is 2.73. The highest BCUT2D eigenvalue weighted by Crippen LogP contribution is 2.12. The first-order valence-corrected chi connectivity index (χ1v) is 3.82. The molecule has 4 nitrogen and oxygen atoms in total. The van der Waals surface area contributed by atoms with E-state index in [2.05, 4.69) is 4.98 Å². The maximum Gasteiger partial charge on any atom is 0.0592 e. The van der Waals surface area contributed by atoms with Crippen LogP contribution in [-0.2, 0) is 0 Å². The van der Waals surface area contributed by atoms with Gasteiger partial charge in [0.1, 0.15) is 0 Å². The van der Waals surface area contributed by atoms with Crippen LogP contribution in [0.15, 0.2) is 18.3 Å². The lowest BCUT2D eigenvalue weighted by Gasteiger charge is -2.08. The van der Waals surface area contributed by atoms with E-state index in [0.717, 1.165) is 5.69 Å². The lowest BCUT2D eigenvalue weighted by atomic mass is 10.1. The molecule has 1 heterocycles. The van der Waals surface area contributed by atoms with Crippen LogP contribution < -0.4 is 11.5 Å². The van der Waals surface area contributed by atoms with Gasteiger partial charge in [-0.05, 0) is 18.6 Å². The summed E-state index contributed by atoms with van der Waals surface area (Å²) in [6.45, 7) is 0.0671. The summed E-state index contributed by atoms with van der Waals surface area (Å²) in [6.07, 6.45) is 2.12. The summed E-state index contributed by atoms with van der Waals surface area (Å²) in [4.78, 5) is 4.04. The molecule has 0 saturated heterocycles. The van der Waals surface area contributed by atoms with Crippen molar-refractivity contribution in [3.8, 4) is 0 Å². The number of aliphatic hydroxyl groups excluding tert-OH is 1. The summed E-state index contributed by atoms with van der Waals surface area (Å²) >= 11 is 0. The molecular weight excluding hydrogens is 154 g/mol. The average molecular weight is 167 g/mol. The number of pyridine rings is 1. The van der Waals surface area contributed by atoms with E-state index in [1.165, 1.54) is 0 Å². The molecule has 66 valence electrons. The summed E-state index contributed by atoms with van der Waals surface area (Å²) in [5, 5.41) is 8.63. The molecule has 0 aliphatic carbocycles. The summed E-state index contributed by atoms with van der Waals surface area (Å²) in [5.41, 5.74) is 12.6. The van der Waals surface area contributed by atoms with E-state index in [0.29, 0.717) is 12.1 Å². The second-order valence-corrected chi connectivity index (χ2v) is 2.63. The Hall–Kier alpha value is -1.13. The Morgan fingerprint density at radius 1 is 1.58 bits per heavy atom. The van der Waals surface area contributed by atoms with E-state index in [1.807, 2.05) is 0 Å². The topological polar surface area (TPSA) is 85.2 Å². The van der Waals surface area contributed by atoms with Gasteiger partial charge in [-0.2, -0.15) is 0 Å².